The third-order valence-corrected chi connectivity index (χ3v) is 3.04. The van der Waals surface area contributed by atoms with Gasteiger partial charge in [-0.2, -0.15) is 0 Å². The largest absolute Gasteiger partial charge is 0.489 e. The molecule has 0 atom stereocenters. The molecule has 0 amide bonds. The van der Waals surface area contributed by atoms with Crippen molar-refractivity contribution < 1.29 is 24.5 Å². The highest BCUT2D eigenvalue weighted by molar-refractivity contribution is 6.27. The van der Waals surface area contributed by atoms with Gasteiger partial charge in [0.15, 0.2) is 0 Å². The van der Waals surface area contributed by atoms with E-state index in [1.165, 1.54) is 16.7 Å². The van der Waals surface area contributed by atoms with Crippen molar-refractivity contribution in [2.75, 3.05) is 0 Å². The van der Waals surface area contributed by atoms with E-state index in [9.17, 15) is 0 Å². The van der Waals surface area contributed by atoms with E-state index in [0.717, 1.165) is 12.2 Å². The molecule has 1 aliphatic rings. The summed E-state index contributed by atoms with van der Waals surface area (Å²) in [4.78, 5) is 18.2. The summed E-state index contributed by atoms with van der Waals surface area (Å²) in [6.45, 7) is 0.688. The lowest BCUT2D eigenvalue weighted by Gasteiger charge is -2.05. The zero-order valence-corrected chi connectivity index (χ0v) is 11.2. The van der Waals surface area contributed by atoms with Crippen LogP contribution in [-0.2, 0) is 22.6 Å². The number of rotatable bonds is 0. The molecule has 5 nitrogen and oxygen atoms in total. The van der Waals surface area contributed by atoms with Crippen molar-refractivity contribution in [3.63, 3.8) is 0 Å². The topological polar surface area (TPSA) is 83.8 Å². The molecule has 0 aromatic heterocycles. The lowest BCUT2D eigenvalue weighted by Crippen LogP contribution is -2.09. The molecular weight excluding hydrogens is 272 g/mol. The van der Waals surface area contributed by atoms with Gasteiger partial charge in [0.2, 0.25) is 0 Å². The summed E-state index contributed by atoms with van der Waals surface area (Å²) in [5.74, 6) is -2.63. The maximum absolute atomic E-state index is 9.10. The summed E-state index contributed by atoms with van der Waals surface area (Å²) in [6.07, 6.45) is 0.979. The lowest BCUT2D eigenvalue weighted by atomic mass is 10.0. The van der Waals surface area contributed by atoms with Gasteiger partial charge < -0.3 is 14.9 Å². The Morgan fingerprint density at radius 3 is 1.95 bits per heavy atom. The summed E-state index contributed by atoms with van der Waals surface area (Å²) in [7, 11) is 0. The van der Waals surface area contributed by atoms with Gasteiger partial charge in [-0.25, -0.2) is 9.59 Å². The van der Waals surface area contributed by atoms with Crippen molar-refractivity contribution >= 4 is 11.9 Å². The fraction of sp³-hybridized carbons (Fsp3) is 0.125. The van der Waals surface area contributed by atoms with Gasteiger partial charge >= 0.3 is 11.9 Å². The molecule has 0 fully saturated rings. The monoisotopic (exact) mass is 286 g/mol. The summed E-state index contributed by atoms with van der Waals surface area (Å²) in [6, 6.07) is 16.7. The Kier molecular flexibility index (Phi) is 4.56. The van der Waals surface area contributed by atoms with Crippen molar-refractivity contribution in [2.45, 2.75) is 13.0 Å². The van der Waals surface area contributed by atoms with Crippen LogP contribution in [0.25, 0.3) is 0 Å². The van der Waals surface area contributed by atoms with Crippen LogP contribution in [0.1, 0.15) is 16.7 Å². The molecule has 3 rings (SSSR count). The highest BCUT2D eigenvalue weighted by Gasteiger charge is 2.12. The molecule has 0 bridgehead atoms. The van der Waals surface area contributed by atoms with Gasteiger partial charge in [0.1, 0.15) is 12.4 Å². The first-order chi connectivity index (χ1) is 10.1. The standard InChI is InChI=1S/C14H12O.C2H2O4/c1-2-7-13-10-15-14-8-4-3-6-12(14)9-11(13)5-1;3-1(4)2(5)6/h1-8H,9-10H2;(H,3,4)(H,5,6). The van der Waals surface area contributed by atoms with E-state index < -0.39 is 11.9 Å². The average molecular weight is 286 g/mol. The fourth-order valence-corrected chi connectivity index (χ4v) is 2.02. The number of aliphatic carboxylic acids is 2. The molecule has 2 aromatic carbocycles. The van der Waals surface area contributed by atoms with Crippen LogP contribution in [0.4, 0.5) is 0 Å². The molecule has 1 heterocycles. The molecule has 0 aliphatic carbocycles. The number of benzene rings is 2. The molecule has 21 heavy (non-hydrogen) atoms. The zero-order valence-electron chi connectivity index (χ0n) is 11.2. The fourth-order valence-electron chi connectivity index (χ4n) is 2.02. The van der Waals surface area contributed by atoms with Crippen LogP contribution >= 0.6 is 0 Å². The SMILES string of the molecule is O=C(O)C(=O)O.c1ccc2c(c1)COc1ccccc1C2. The predicted molar refractivity (Wildman–Crippen MR) is 75.3 cm³/mol. The molecule has 2 aromatic rings. The summed E-state index contributed by atoms with van der Waals surface area (Å²) in [5.41, 5.74) is 3.96. The van der Waals surface area contributed by atoms with Crippen molar-refractivity contribution in [3.8, 4) is 5.75 Å². The smallest absolute Gasteiger partial charge is 0.414 e. The maximum Gasteiger partial charge on any atom is 0.414 e. The Balaban J connectivity index is 0.000000232. The first-order valence-corrected chi connectivity index (χ1v) is 6.31. The molecule has 0 saturated carbocycles. The summed E-state index contributed by atoms with van der Waals surface area (Å²) in [5, 5.41) is 14.8. The number of hydrogen-bond acceptors (Lipinski definition) is 3. The van der Waals surface area contributed by atoms with E-state index in [1.807, 2.05) is 12.1 Å². The minimum absolute atomic E-state index is 0.688. The van der Waals surface area contributed by atoms with Gasteiger partial charge in [-0.15, -0.1) is 0 Å². The number of hydrogen-bond donors (Lipinski definition) is 2. The Hall–Kier alpha value is -2.82. The van der Waals surface area contributed by atoms with Crippen molar-refractivity contribution in [2.24, 2.45) is 0 Å². The zero-order chi connectivity index (χ0) is 15.2. The van der Waals surface area contributed by atoms with Gasteiger partial charge in [0, 0.05) is 6.42 Å². The van der Waals surface area contributed by atoms with Crippen LogP contribution in [0, 0.1) is 0 Å². The number of carbonyl (C=O) groups is 2. The van der Waals surface area contributed by atoms with Crippen LogP contribution in [0.2, 0.25) is 0 Å². The lowest BCUT2D eigenvalue weighted by molar-refractivity contribution is -0.159. The van der Waals surface area contributed by atoms with Crippen molar-refractivity contribution in [1.82, 2.24) is 0 Å². The van der Waals surface area contributed by atoms with E-state index in [1.54, 1.807) is 0 Å². The molecule has 0 unspecified atom stereocenters. The molecule has 0 radical (unpaired) electrons. The third kappa shape index (κ3) is 3.82. The van der Waals surface area contributed by atoms with Crippen LogP contribution < -0.4 is 4.74 Å². The molecule has 0 saturated heterocycles. The first-order valence-electron chi connectivity index (χ1n) is 6.31. The van der Waals surface area contributed by atoms with Gasteiger partial charge in [-0.3, -0.25) is 0 Å². The van der Waals surface area contributed by atoms with E-state index in [0.29, 0.717) is 6.61 Å². The Morgan fingerprint density at radius 2 is 1.33 bits per heavy atom. The minimum atomic E-state index is -1.82. The Bertz CT molecular complexity index is 606. The average Bonchev–Trinajstić information content (AvgIpc) is 2.66. The van der Waals surface area contributed by atoms with Crippen LogP contribution in [0.3, 0.4) is 0 Å². The van der Waals surface area contributed by atoms with Gasteiger partial charge in [-0.1, -0.05) is 42.5 Å². The van der Waals surface area contributed by atoms with Crippen LogP contribution in [0.5, 0.6) is 5.75 Å². The number of para-hydroxylation sites is 1. The van der Waals surface area contributed by atoms with Crippen molar-refractivity contribution in [1.29, 1.82) is 0 Å². The second kappa shape index (κ2) is 6.56. The maximum atomic E-state index is 9.10. The second-order valence-corrected chi connectivity index (χ2v) is 4.45. The van der Waals surface area contributed by atoms with E-state index in [-0.39, 0.29) is 0 Å². The predicted octanol–water partition coefficient (Wildman–Crippen LogP) is 2.33. The second-order valence-electron chi connectivity index (χ2n) is 4.45. The number of ether oxygens (including phenoxy) is 1. The quantitative estimate of drug-likeness (QED) is 0.726. The highest BCUT2D eigenvalue weighted by atomic mass is 16.5. The summed E-state index contributed by atoms with van der Waals surface area (Å²) < 4.78 is 5.77. The van der Waals surface area contributed by atoms with Gasteiger partial charge in [0.05, 0.1) is 0 Å². The first kappa shape index (κ1) is 14.6. The van der Waals surface area contributed by atoms with Crippen LogP contribution in [-0.4, -0.2) is 22.2 Å². The van der Waals surface area contributed by atoms with Gasteiger partial charge in [-0.05, 0) is 22.8 Å². The minimum Gasteiger partial charge on any atom is -0.489 e. The number of carboxylic acid groups (broad SMARTS) is 2. The molecule has 2 N–H and O–H groups in total. The summed E-state index contributed by atoms with van der Waals surface area (Å²) >= 11 is 0. The molecule has 108 valence electrons. The molecule has 5 heteroatoms. The van der Waals surface area contributed by atoms with E-state index in [2.05, 4.69) is 36.4 Å². The van der Waals surface area contributed by atoms with E-state index >= 15 is 0 Å². The third-order valence-electron chi connectivity index (χ3n) is 3.04. The molecule has 0 spiro atoms. The van der Waals surface area contributed by atoms with Crippen molar-refractivity contribution in [3.05, 3.63) is 65.2 Å². The normalized spacial score (nSPS) is 11.6. The van der Waals surface area contributed by atoms with Gasteiger partial charge in [0.25, 0.3) is 0 Å². The Morgan fingerprint density at radius 1 is 0.810 bits per heavy atom. The highest BCUT2D eigenvalue weighted by Crippen LogP contribution is 2.27. The molecule has 1 aliphatic heterocycles. The Labute approximate surface area is 121 Å². The number of carboxylic acids is 2. The van der Waals surface area contributed by atoms with E-state index in [4.69, 9.17) is 24.5 Å². The molecular formula is C16H14O5. The van der Waals surface area contributed by atoms with Crippen LogP contribution in [0.15, 0.2) is 48.5 Å². The number of fused-ring (bicyclic) bond motifs is 2.